The van der Waals surface area contributed by atoms with Gasteiger partial charge in [0.25, 0.3) is 0 Å². The molecule has 0 bridgehead atoms. The van der Waals surface area contributed by atoms with Crippen LogP contribution in [0.1, 0.15) is 18.0 Å². The van der Waals surface area contributed by atoms with Gasteiger partial charge in [0.1, 0.15) is 10.8 Å². The van der Waals surface area contributed by atoms with Crippen LogP contribution in [0.4, 0.5) is 10.1 Å². The molecule has 2 nitrogen and oxygen atoms in total. The second-order valence-electron chi connectivity index (χ2n) is 3.33. The topological polar surface area (TPSA) is 24.9 Å². The Hall–Kier alpha value is -1.13. The second-order valence-corrected chi connectivity index (χ2v) is 4.67. The van der Waals surface area contributed by atoms with Crippen molar-refractivity contribution in [1.82, 2.24) is 4.98 Å². The molecule has 1 aromatic carbocycles. The van der Waals surface area contributed by atoms with Crippen molar-refractivity contribution in [2.24, 2.45) is 0 Å². The van der Waals surface area contributed by atoms with Gasteiger partial charge in [-0.15, -0.1) is 11.3 Å². The summed E-state index contributed by atoms with van der Waals surface area (Å²) in [4.78, 5) is 4.16. The van der Waals surface area contributed by atoms with Crippen LogP contribution in [0.15, 0.2) is 29.8 Å². The van der Waals surface area contributed by atoms with E-state index in [0.29, 0.717) is 10.7 Å². The van der Waals surface area contributed by atoms with Crippen molar-refractivity contribution in [1.29, 1.82) is 0 Å². The first kappa shape index (κ1) is 11.4. The van der Waals surface area contributed by atoms with Crippen molar-refractivity contribution in [3.05, 3.63) is 45.6 Å². The van der Waals surface area contributed by atoms with Gasteiger partial charge in [0.15, 0.2) is 0 Å². The minimum Gasteiger partial charge on any atom is -0.373 e. The molecule has 1 heterocycles. The molecule has 84 valence electrons. The zero-order chi connectivity index (χ0) is 11.5. The van der Waals surface area contributed by atoms with Crippen LogP contribution in [0.25, 0.3) is 0 Å². The van der Waals surface area contributed by atoms with E-state index in [0.717, 1.165) is 5.01 Å². The van der Waals surface area contributed by atoms with E-state index < -0.39 is 0 Å². The zero-order valence-electron chi connectivity index (χ0n) is 8.58. The van der Waals surface area contributed by atoms with Crippen molar-refractivity contribution in [2.45, 2.75) is 13.0 Å². The molecule has 5 heteroatoms. The molecule has 16 heavy (non-hydrogen) atoms. The third kappa shape index (κ3) is 2.33. The third-order valence-corrected chi connectivity index (χ3v) is 3.42. The van der Waals surface area contributed by atoms with Crippen molar-refractivity contribution in [2.75, 3.05) is 5.32 Å². The van der Waals surface area contributed by atoms with Gasteiger partial charge in [0, 0.05) is 11.6 Å². The number of nitrogens with one attached hydrogen (secondary N) is 1. The highest BCUT2D eigenvalue weighted by molar-refractivity contribution is 7.09. The summed E-state index contributed by atoms with van der Waals surface area (Å²) in [5.74, 6) is -0.351. The fourth-order valence-corrected chi connectivity index (χ4v) is 2.23. The van der Waals surface area contributed by atoms with Crippen LogP contribution in [-0.2, 0) is 0 Å². The van der Waals surface area contributed by atoms with Crippen molar-refractivity contribution in [3.63, 3.8) is 0 Å². The lowest BCUT2D eigenvalue weighted by atomic mass is 10.2. The van der Waals surface area contributed by atoms with Crippen molar-refractivity contribution in [3.8, 4) is 0 Å². The first-order chi connectivity index (χ1) is 7.68. The number of benzene rings is 1. The number of para-hydroxylation sites is 1. The minimum atomic E-state index is -0.351. The zero-order valence-corrected chi connectivity index (χ0v) is 10.1. The molecule has 1 N–H and O–H groups in total. The average Bonchev–Trinajstić information content (AvgIpc) is 2.76. The van der Waals surface area contributed by atoms with Gasteiger partial charge in [0.05, 0.1) is 16.8 Å². The molecule has 0 radical (unpaired) electrons. The number of aromatic nitrogens is 1. The van der Waals surface area contributed by atoms with E-state index in [9.17, 15) is 4.39 Å². The Morgan fingerprint density at radius 3 is 2.94 bits per heavy atom. The number of halogens is 2. The number of rotatable bonds is 3. The van der Waals surface area contributed by atoms with Crippen molar-refractivity contribution < 1.29 is 4.39 Å². The SMILES string of the molecule is CC(Nc1c(F)cccc1Cl)c1nccs1. The summed E-state index contributed by atoms with van der Waals surface area (Å²) in [6, 6.07) is 4.55. The Bertz CT molecular complexity index is 453. The van der Waals surface area contributed by atoms with Gasteiger partial charge in [-0.1, -0.05) is 17.7 Å². The van der Waals surface area contributed by atoms with E-state index in [-0.39, 0.29) is 11.9 Å². The number of hydrogen-bond acceptors (Lipinski definition) is 3. The third-order valence-electron chi connectivity index (χ3n) is 2.15. The summed E-state index contributed by atoms with van der Waals surface area (Å²) >= 11 is 7.44. The molecule has 0 spiro atoms. The van der Waals surface area contributed by atoms with Crippen LogP contribution in [0.2, 0.25) is 5.02 Å². The fraction of sp³-hybridized carbons (Fsp3) is 0.182. The lowest BCUT2D eigenvalue weighted by Gasteiger charge is -2.14. The molecule has 0 saturated carbocycles. The summed E-state index contributed by atoms with van der Waals surface area (Å²) in [5.41, 5.74) is 0.326. The Balaban J connectivity index is 2.21. The number of hydrogen-bond donors (Lipinski definition) is 1. The van der Waals surface area contributed by atoms with Gasteiger partial charge in [0.2, 0.25) is 0 Å². The molecule has 0 aliphatic heterocycles. The maximum atomic E-state index is 13.5. The molecule has 0 aliphatic carbocycles. The maximum Gasteiger partial charge on any atom is 0.147 e. The van der Waals surface area contributed by atoms with Crippen LogP contribution in [0, 0.1) is 5.82 Å². The Labute approximate surface area is 102 Å². The molecule has 0 fully saturated rings. The average molecular weight is 257 g/mol. The maximum absolute atomic E-state index is 13.5. The van der Waals surface area contributed by atoms with E-state index in [2.05, 4.69) is 10.3 Å². The molecule has 0 aliphatic rings. The first-order valence-corrected chi connectivity index (χ1v) is 6.04. The molecule has 2 aromatic rings. The molecular weight excluding hydrogens is 247 g/mol. The highest BCUT2D eigenvalue weighted by Gasteiger charge is 2.12. The van der Waals surface area contributed by atoms with Crippen LogP contribution in [0.5, 0.6) is 0 Å². The summed E-state index contributed by atoms with van der Waals surface area (Å²) in [6.45, 7) is 1.92. The Morgan fingerprint density at radius 1 is 1.50 bits per heavy atom. The second kappa shape index (κ2) is 4.80. The minimum absolute atomic E-state index is 0.0607. The van der Waals surface area contributed by atoms with Gasteiger partial charge in [-0.3, -0.25) is 0 Å². The summed E-state index contributed by atoms with van der Waals surface area (Å²) in [5, 5.41) is 6.19. The molecule has 2 rings (SSSR count). The summed E-state index contributed by atoms with van der Waals surface area (Å²) in [6.07, 6.45) is 1.72. The van der Waals surface area contributed by atoms with Crippen LogP contribution in [-0.4, -0.2) is 4.98 Å². The lowest BCUT2D eigenvalue weighted by Crippen LogP contribution is -2.08. The summed E-state index contributed by atoms with van der Waals surface area (Å²) in [7, 11) is 0. The number of anilines is 1. The van der Waals surface area contributed by atoms with Gasteiger partial charge in [-0.2, -0.15) is 0 Å². The van der Waals surface area contributed by atoms with Crippen molar-refractivity contribution >= 4 is 28.6 Å². The van der Waals surface area contributed by atoms with E-state index in [1.807, 2.05) is 12.3 Å². The first-order valence-electron chi connectivity index (χ1n) is 4.78. The number of nitrogens with zero attached hydrogens (tertiary/aromatic N) is 1. The Kier molecular flexibility index (Phi) is 3.41. The van der Waals surface area contributed by atoms with Gasteiger partial charge in [-0.05, 0) is 19.1 Å². The summed E-state index contributed by atoms with van der Waals surface area (Å²) < 4.78 is 13.5. The van der Waals surface area contributed by atoms with Gasteiger partial charge < -0.3 is 5.32 Å². The molecular formula is C11H10ClFN2S. The van der Waals surface area contributed by atoms with E-state index in [1.165, 1.54) is 17.4 Å². The molecule has 1 aromatic heterocycles. The smallest absolute Gasteiger partial charge is 0.147 e. The lowest BCUT2D eigenvalue weighted by molar-refractivity contribution is 0.627. The fourth-order valence-electron chi connectivity index (χ4n) is 1.36. The van der Waals surface area contributed by atoms with Gasteiger partial charge >= 0.3 is 0 Å². The molecule has 1 unspecified atom stereocenters. The monoisotopic (exact) mass is 256 g/mol. The molecule has 0 saturated heterocycles. The van der Waals surface area contributed by atoms with Crippen LogP contribution >= 0.6 is 22.9 Å². The van der Waals surface area contributed by atoms with E-state index in [4.69, 9.17) is 11.6 Å². The van der Waals surface area contributed by atoms with Crippen LogP contribution in [0.3, 0.4) is 0 Å². The van der Waals surface area contributed by atoms with Crippen LogP contribution < -0.4 is 5.32 Å². The Morgan fingerprint density at radius 2 is 2.31 bits per heavy atom. The number of thiazole rings is 1. The quantitative estimate of drug-likeness (QED) is 0.894. The highest BCUT2D eigenvalue weighted by atomic mass is 35.5. The predicted molar refractivity (Wildman–Crippen MR) is 65.6 cm³/mol. The standard InChI is InChI=1S/C11H10ClFN2S/c1-7(11-14-5-6-16-11)15-10-8(12)3-2-4-9(10)13/h2-7,15H,1H3. The molecule has 1 atom stereocenters. The molecule has 0 amide bonds. The van der Waals surface area contributed by atoms with Gasteiger partial charge in [-0.25, -0.2) is 9.37 Å². The van der Waals surface area contributed by atoms with E-state index in [1.54, 1.807) is 18.3 Å². The van der Waals surface area contributed by atoms with E-state index >= 15 is 0 Å². The predicted octanol–water partition coefficient (Wildman–Crippen LogP) is 4.11. The normalized spacial score (nSPS) is 12.4. The largest absolute Gasteiger partial charge is 0.373 e. The highest BCUT2D eigenvalue weighted by Crippen LogP contribution is 2.29.